The first-order valence-corrected chi connectivity index (χ1v) is 5.45. The largest absolute Gasteiger partial charge is 0.395 e. The molecule has 0 saturated carbocycles. The fourth-order valence-corrected chi connectivity index (χ4v) is 1.28. The molecular weight excluding hydrogens is 182 g/mol. The third-order valence-electron chi connectivity index (χ3n) is 1.25. The number of amides is 1. The van der Waals surface area contributed by atoms with E-state index in [2.05, 4.69) is 0 Å². The van der Waals surface area contributed by atoms with Gasteiger partial charge in [0.2, 0.25) is 5.91 Å². The second-order valence-electron chi connectivity index (χ2n) is 2.61. The van der Waals surface area contributed by atoms with Crippen molar-refractivity contribution < 1.29 is 18.3 Å². The summed E-state index contributed by atoms with van der Waals surface area (Å²) in [6.45, 7) is 0.000352. The Morgan fingerprint density at radius 2 is 2.00 bits per heavy atom. The predicted octanol–water partition coefficient (Wildman–Crippen LogP) is -1.52. The Labute approximate surface area is 71.9 Å². The Morgan fingerprint density at radius 1 is 1.50 bits per heavy atom. The summed E-state index contributed by atoms with van der Waals surface area (Å²) in [5.41, 5.74) is 0. The molecule has 6 heteroatoms. The van der Waals surface area contributed by atoms with Crippen molar-refractivity contribution in [1.29, 1.82) is 0 Å². The maximum absolute atomic E-state index is 11.0. The zero-order valence-electron chi connectivity index (χ0n) is 7.15. The molecule has 0 aliphatic carbocycles. The lowest BCUT2D eigenvalue weighted by molar-refractivity contribution is -0.127. The molecular formula is C6H13NO4S. The third kappa shape index (κ3) is 5.09. The monoisotopic (exact) mass is 195 g/mol. The lowest BCUT2D eigenvalue weighted by Gasteiger charge is -2.14. The van der Waals surface area contributed by atoms with Crippen molar-refractivity contribution in [2.24, 2.45) is 0 Å². The quantitative estimate of drug-likeness (QED) is 0.591. The SMILES string of the molecule is CN(CCO)C(=O)CS(C)(=O)=O. The smallest absolute Gasteiger partial charge is 0.237 e. The maximum Gasteiger partial charge on any atom is 0.237 e. The highest BCUT2D eigenvalue weighted by atomic mass is 32.2. The number of carbonyl (C=O) groups is 1. The Kier molecular flexibility index (Phi) is 4.19. The van der Waals surface area contributed by atoms with E-state index >= 15 is 0 Å². The summed E-state index contributed by atoms with van der Waals surface area (Å²) < 4.78 is 21.3. The van der Waals surface area contributed by atoms with Crippen molar-refractivity contribution in [2.45, 2.75) is 0 Å². The van der Waals surface area contributed by atoms with Crippen LogP contribution in [0, 0.1) is 0 Å². The van der Waals surface area contributed by atoms with Crippen molar-refractivity contribution in [3.8, 4) is 0 Å². The molecule has 0 unspecified atom stereocenters. The van der Waals surface area contributed by atoms with Gasteiger partial charge in [-0.2, -0.15) is 0 Å². The van der Waals surface area contributed by atoms with E-state index in [0.717, 1.165) is 6.26 Å². The van der Waals surface area contributed by atoms with Crippen LogP contribution in [-0.4, -0.2) is 56.5 Å². The molecule has 0 aromatic heterocycles. The average Bonchev–Trinajstić information content (AvgIpc) is 1.84. The van der Waals surface area contributed by atoms with E-state index in [0.29, 0.717) is 0 Å². The van der Waals surface area contributed by atoms with Crippen molar-refractivity contribution in [3.63, 3.8) is 0 Å². The number of hydrogen-bond donors (Lipinski definition) is 1. The summed E-state index contributed by atoms with van der Waals surface area (Å²) in [5, 5.41) is 8.44. The number of aliphatic hydroxyl groups excluding tert-OH is 1. The number of rotatable bonds is 4. The molecule has 0 aliphatic rings. The van der Waals surface area contributed by atoms with Crippen LogP contribution in [0.3, 0.4) is 0 Å². The molecule has 0 atom stereocenters. The highest BCUT2D eigenvalue weighted by Crippen LogP contribution is 1.89. The summed E-state index contributed by atoms with van der Waals surface area (Å²) in [5.74, 6) is -0.990. The van der Waals surface area contributed by atoms with Crippen LogP contribution in [0.2, 0.25) is 0 Å². The van der Waals surface area contributed by atoms with Crippen LogP contribution in [0.15, 0.2) is 0 Å². The lowest BCUT2D eigenvalue weighted by Crippen LogP contribution is -2.34. The van der Waals surface area contributed by atoms with Gasteiger partial charge in [0.25, 0.3) is 0 Å². The minimum absolute atomic E-state index is 0.161. The average molecular weight is 195 g/mol. The van der Waals surface area contributed by atoms with Crippen molar-refractivity contribution in [2.75, 3.05) is 32.2 Å². The highest BCUT2D eigenvalue weighted by molar-refractivity contribution is 7.91. The summed E-state index contributed by atoms with van der Waals surface area (Å²) in [6.07, 6.45) is 0.998. The number of aliphatic hydroxyl groups is 1. The van der Waals surface area contributed by atoms with Gasteiger partial charge in [-0.05, 0) is 0 Å². The highest BCUT2D eigenvalue weighted by Gasteiger charge is 2.14. The van der Waals surface area contributed by atoms with Gasteiger partial charge in [0.05, 0.1) is 6.61 Å². The Balaban J connectivity index is 4.05. The Hall–Kier alpha value is -0.620. The number of hydrogen-bond acceptors (Lipinski definition) is 4. The number of likely N-dealkylation sites (N-methyl/N-ethyl adjacent to an activating group) is 1. The summed E-state index contributed by atoms with van der Waals surface area (Å²) in [6, 6.07) is 0. The van der Waals surface area contributed by atoms with E-state index in [4.69, 9.17) is 5.11 Å². The predicted molar refractivity (Wildman–Crippen MR) is 44.4 cm³/mol. The maximum atomic E-state index is 11.0. The standard InChI is InChI=1S/C6H13NO4S/c1-7(3-4-8)6(9)5-12(2,10)11/h8H,3-5H2,1-2H3. The van der Waals surface area contributed by atoms with Gasteiger partial charge in [0, 0.05) is 19.8 Å². The molecule has 1 amide bonds. The molecule has 0 aromatic carbocycles. The second-order valence-corrected chi connectivity index (χ2v) is 4.75. The molecule has 0 aliphatic heterocycles. The van der Waals surface area contributed by atoms with E-state index in [-0.39, 0.29) is 13.2 Å². The van der Waals surface area contributed by atoms with E-state index in [1.54, 1.807) is 0 Å². The molecule has 5 nitrogen and oxygen atoms in total. The first kappa shape index (κ1) is 11.4. The van der Waals surface area contributed by atoms with Crippen molar-refractivity contribution in [3.05, 3.63) is 0 Å². The molecule has 0 spiro atoms. The van der Waals surface area contributed by atoms with Gasteiger partial charge in [-0.25, -0.2) is 8.42 Å². The molecule has 0 saturated heterocycles. The van der Waals surface area contributed by atoms with Gasteiger partial charge in [-0.3, -0.25) is 4.79 Å². The molecule has 0 radical (unpaired) electrons. The molecule has 0 heterocycles. The van der Waals surface area contributed by atoms with Gasteiger partial charge in [-0.1, -0.05) is 0 Å². The fourth-order valence-electron chi connectivity index (χ4n) is 0.609. The molecule has 0 bridgehead atoms. The third-order valence-corrected chi connectivity index (χ3v) is 2.02. The van der Waals surface area contributed by atoms with E-state index in [1.165, 1.54) is 11.9 Å². The number of nitrogens with zero attached hydrogens (tertiary/aromatic N) is 1. The van der Waals surface area contributed by atoms with E-state index in [9.17, 15) is 13.2 Å². The first-order valence-electron chi connectivity index (χ1n) is 3.39. The fraction of sp³-hybridized carbons (Fsp3) is 0.833. The normalized spacial score (nSPS) is 11.2. The van der Waals surface area contributed by atoms with Crippen LogP contribution in [0.1, 0.15) is 0 Å². The molecule has 0 rings (SSSR count). The van der Waals surface area contributed by atoms with Gasteiger partial charge >= 0.3 is 0 Å². The van der Waals surface area contributed by atoms with E-state index < -0.39 is 21.5 Å². The van der Waals surface area contributed by atoms with Crippen LogP contribution in [-0.2, 0) is 14.6 Å². The molecule has 0 fully saturated rings. The van der Waals surface area contributed by atoms with Crippen molar-refractivity contribution >= 4 is 15.7 Å². The second kappa shape index (κ2) is 4.42. The van der Waals surface area contributed by atoms with Gasteiger partial charge < -0.3 is 10.0 Å². The minimum Gasteiger partial charge on any atom is -0.395 e. The first-order chi connectivity index (χ1) is 5.37. The summed E-state index contributed by atoms with van der Waals surface area (Å²) in [4.78, 5) is 12.2. The molecule has 1 N–H and O–H groups in total. The summed E-state index contributed by atoms with van der Waals surface area (Å²) in [7, 11) is -1.81. The molecule has 12 heavy (non-hydrogen) atoms. The summed E-state index contributed by atoms with van der Waals surface area (Å²) >= 11 is 0. The van der Waals surface area contributed by atoms with Crippen LogP contribution in [0.5, 0.6) is 0 Å². The number of carbonyl (C=O) groups excluding carboxylic acids is 1. The van der Waals surface area contributed by atoms with Crippen molar-refractivity contribution in [1.82, 2.24) is 4.90 Å². The Bertz CT molecular complexity index is 246. The zero-order valence-corrected chi connectivity index (χ0v) is 7.97. The topological polar surface area (TPSA) is 74.7 Å². The van der Waals surface area contributed by atoms with Crippen LogP contribution in [0.4, 0.5) is 0 Å². The van der Waals surface area contributed by atoms with E-state index in [1.807, 2.05) is 0 Å². The van der Waals surface area contributed by atoms with Gasteiger partial charge in [-0.15, -0.1) is 0 Å². The zero-order chi connectivity index (χ0) is 9.78. The number of sulfone groups is 1. The molecule has 72 valence electrons. The van der Waals surface area contributed by atoms with Gasteiger partial charge in [0.15, 0.2) is 9.84 Å². The molecule has 0 aromatic rings. The van der Waals surface area contributed by atoms with Crippen LogP contribution in [0.25, 0.3) is 0 Å². The lowest BCUT2D eigenvalue weighted by atomic mass is 10.5. The van der Waals surface area contributed by atoms with Gasteiger partial charge in [0.1, 0.15) is 5.75 Å². The Morgan fingerprint density at radius 3 is 2.33 bits per heavy atom. The van der Waals surface area contributed by atoms with Crippen LogP contribution >= 0.6 is 0 Å². The minimum atomic E-state index is -3.26. The van der Waals surface area contributed by atoms with Crippen LogP contribution < -0.4 is 0 Å².